The third-order valence-corrected chi connectivity index (χ3v) is 2.10. The fourth-order valence-corrected chi connectivity index (χ4v) is 1.35. The summed E-state index contributed by atoms with van der Waals surface area (Å²) >= 11 is 0. The fourth-order valence-electron chi connectivity index (χ4n) is 1.35. The summed E-state index contributed by atoms with van der Waals surface area (Å²) in [5.41, 5.74) is 2.03. The van der Waals surface area contributed by atoms with Crippen LogP contribution in [0.25, 0.3) is 10.9 Å². The van der Waals surface area contributed by atoms with E-state index in [0.717, 1.165) is 11.9 Å². The van der Waals surface area contributed by atoms with Gasteiger partial charge in [-0.2, -0.15) is 0 Å². The number of nitrogens with one attached hydrogen (secondary N) is 1. The van der Waals surface area contributed by atoms with E-state index in [4.69, 9.17) is 0 Å². The molecule has 0 aliphatic rings. The predicted octanol–water partition coefficient (Wildman–Crippen LogP) is 2.87. The highest BCUT2D eigenvalue weighted by molar-refractivity contribution is 5.80. The number of aromatic amines is 1. The van der Waals surface area contributed by atoms with Crippen molar-refractivity contribution in [1.29, 1.82) is 0 Å². The minimum absolute atomic E-state index is 0.166. The molecule has 0 saturated carbocycles. The summed E-state index contributed by atoms with van der Waals surface area (Å²) in [5.74, 6) is -0.166. The number of benzene rings is 1. The number of hydrogen-bond donors (Lipinski definition) is 1. The molecular formula is C10H10FN. The largest absolute Gasteiger partial charge is 0.359 e. The van der Waals surface area contributed by atoms with Crippen molar-refractivity contribution in [2.24, 2.45) is 0 Å². The lowest BCUT2D eigenvalue weighted by molar-refractivity contribution is 0.639. The molecule has 0 atom stereocenters. The third-order valence-electron chi connectivity index (χ3n) is 2.10. The van der Waals surface area contributed by atoms with Crippen LogP contribution in [0, 0.1) is 5.82 Å². The van der Waals surface area contributed by atoms with Gasteiger partial charge >= 0.3 is 0 Å². The van der Waals surface area contributed by atoms with Gasteiger partial charge in [-0.05, 0) is 24.1 Å². The summed E-state index contributed by atoms with van der Waals surface area (Å²) in [5, 5.41) is 0.689. The van der Waals surface area contributed by atoms with E-state index in [1.807, 2.05) is 18.2 Å². The smallest absolute Gasteiger partial charge is 0.148 e. The van der Waals surface area contributed by atoms with E-state index in [2.05, 4.69) is 11.9 Å². The highest BCUT2D eigenvalue weighted by Crippen LogP contribution is 2.18. The average molecular weight is 163 g/mol. The second kappa shape index (κ2) is 2.63. The Kier molecular flexibility index (Phi) is 1.61. The van der Waals surface area contributed by atoms with Gasteiger partial charge in [-0.15, -0.1) is 0 Å². The lowest BCUT2D eigenvalue weighted by Gasteiger charge is -1.95. The number of aryl methyl sites for hydroxylation is 1. The van der Waals surface area contributed by atoms with E-state index in [9.17, 15) is 4.39 Å². The van der Waals surface area contributed by atoms with Gasteiger partial charge in [0, 0.05) is 17.1 Å². The van der Waals surface area contributed by atoms with Gasteiger partial charge in [0.25, 0.3) is 0 Å². The molecule has 0 radical (unpaired) electrons. The van der Waals surface area contributed by atoms with Crippen LogP contribution in [0.2, 0.25) is 0 Å². The van der Waals surface area contributed by atoms with Crippen molar-refractivity contribution >= 4 is 10.9 Å². The van der Waals surface area contributed by atoms with E-state index in [1.165, 1.54) is 11.8 Å². The van der Waals surface area contributed by atoms with Gasteiger partial charge in [0.05, 0.1) is 0 Å². The molecule has 1 aromatic heterocycles. The molecule has 0 spiro atoms. The summed E-state index contributed by atoms with van der Waals surface area (Å²) in [6, 6.07) is 5.82. The Morgan fingerprint density at radius 3 is 3.00 bits per heavy atom. The number of hydrogen-bond acceptors (Lipinski definition) is 0. The van der Waals surface area contributed by atoms with Crippen molar-refractivity contribution in [2.75, 3.05) is 0 Å². The Morgan fingerprint density at radius 2 is 2.25 bits per heavy atom. The van der Waals surface area contributed by atoms with Gasteiger partial charge in [-0.1, -0.05) is 13.0 Å². The van der Waals surface area contributed by atoms with Crippen LogP contribution in [0.5, 0.6) is 0 Å². The van der Waals surface area contributed by atoms with E-state index in [1.54, 1.807) is 0 Å². The van der Waals surface area contributed by atoms with Crippen molar-refractivity contribution < 1.29 is 4.39 Å². The molecule has 2 rings (SSSR count). The number of H-pyrrole nitrogens is 1. The van der Waals surface area contributed by atoms with Crippen molar-refractivity contribution in [3.63, 3.8) is 0 Å². The van der Waals surface area contributed by atoms with Crippen molar-refractivity contribution in [3.05, 3.63) is 35.8 Å². The summed E-state index contributed by atoms with van der Waals surface area (Å²) in [6.07, 6.45) is 2.34. The second-order valence-corrected chi connectivity index (χ2v) is 2.87. The maximum absolute atomic E-state index is 13.0. The predicted molar refractivity (Wildman–Crippen MR) is 47.6 cm³/mol. The number of rotatable bonds is 1. The Hall–Kier alpha value is -1.31. The first-order valence-corrected chi connectivity index (χ1v) is 4.07. The zero-order chi connectivity index (χ0) is 8.55. The topological polar surface area (TPSA) is 15.8 Å². The molecule has 0 aliphatic carbocycles. The van der Waals surface area contributed by atoms with E-state index < -0.39 is 0 Å². The Morgan fingerprint density at radius 1 is 1.42 bits per heavy atom. The Bertz CT molecular complexity index is 403. The van der Waals surface area contributed by atoms with E-state index >= 15 is 0 Å². The van der Waals surface area contributed by atoms with Gasteiger partial charge in [0.15, 0.2) is 0 Å². The maximum Gasteiger partial charge on any atom is 0.148 e. The molecular weight excluding hydrogens is 153 g/mol. The molecule has 0 fully saturated rings. The molecule has 62 valence electrons. The summed E-state index contributed by atoms with van der Waals surface area (Å²) in [6.45, 7) is 2.06. The molecule has 1 aromatic carbocycles. The molecule has 0 saturated heterocycles. The minimum atomic E-state index is -0.166. The molecule has 1 nitrogen and oxygen atoms in total. The number of halogens is 1. The maximum atomic E-state index is 13.0. The van der Waals surface area contributed by atoms with Crippen LogP contribution in [0.1, 0.15) is 12.5 Å². The highest BCUT2D eigenvalue weighted by atomic mass is 19.1. The molecule has 1 N–H and O–H groups in total. The first kappa shape index (κ1) is 7.35. The van der Waals surface area contributed by atoms with Crippen LogP contribution < -0.4 is 0 Å². The van der Waals surface area contributed by atoms with Gasteiger partial charge in [-0.25, -0.2) is 4.39 Å². The Balaban J connectivity index is 2.71. The molecule has 0 aliphatic heterocycles. The molecule has 0 bridgehead atoms. The van der Waals surface area contributed by atoms with Gasteiger partial charge < -0.3 is 4.98 Å². The molecule has 12 heavy (non-hydrogen) atoms. The summed E-state index contributed by atoms with van der Waals surface area (Å²) < 4.78 is 13.0. The van der Waals surface area contributed by atoms with Crippen LogP contribution in [-0.2, 0) is 6.42 Å². The average Bonchev–Trinajstić information content (AvgIpc) is 2.47. The quantitative estimate of drug-likeness (QED) is 0.665. The second-order valence-electron chi connectivity index (χ2n) is 2.87. The lowest BCUT2D eigenvalue weighted by atomic mass is 10.1. The van der Waals surface area contributed by atoms with Crippen LogP contribution >= 0.6 is 0 Å². The summed E-state index contributed by atoms with van der Waals surface area (Å²) in [7, 11) is 0. The number of aromatic nitrogens is 1. The van der Waals surface area contributed by atoms with Gasteiger partial charge in [0.2, 0.25) is 0 Å². The Labute approximate surface area is 70.2 Å². The fraction of sp³-hybridized carbons (Fsp3) is 0.200. The molecule has 0 amide bonds. The van der Waals surface area contributed by atoms with Gasteiger partial charge in [0.1, 0.15) is 5.82 Å². The molecule has 2 heteroatoms. The number of fused-ring (bicyclic) bond motifs is 1. The van der Waals surface area contributed by atoms with Crippen LogP contribution in [-0.4, -0.2) is 4.98 Å². The SMILES string of the molecule is CCc1ccc2[nH]cc(F)c2c1. The first-order chi connectivity index (χ1) is 5.81. The van der Waals surface area contributed by atoms with Crippen LogP contribution in [0.3, 0.4) is 0 Å². The zero-order valence-electron chi connectivity index (χ0n) is 6.89. The van der Waals surface area contributed by atoms with E-state index in [-0.39, 0.29) is 5.82 Å². The van der Waals surface area contributed by atoms with Crippen molar-refractivity contribution in [1.82, 2.24) is 4.98 Å². The first-order valence-electron chi connectivity index (χ1n) is 4.07. The monoisotopic (exact) mass is 163 g/mol. The van der Waals surface area contributed by atoms with Crippen molar-refractivity contribution in [3.8, 4) is 0 Å². The van der Waals surface area contributed by atoms with Crippen molar-refractivity contribution in [2.45, 2.75) is 13.3 Å². The zero-order valence-corrected chi connectivity index (χ0v) is 6.89. The molecule has 0 unspecified atom stereocenters. The minimum Gasteiger partial charge on any atom is -0.359 e. The third kappa shape index (κ3) is 0.998. The van der Waals surface area contributed by atoms with Crippen LogP contribution in [0.15, 0.2) is 24.4 Å². The van der Waals surface area contributed by atoms with Gasteiger partial charge in [-0.3, -0.25) is 0 Å². The molecule has 2 aromatic rings. The summed E-state index contributed by atoms with van der Waals surface area (Å²) in [4.78, 5) is 2.86. The van der Waals surface area contributed by atoms with E-state index in [0.29, 0.717) is 5.39 Å². The lowest BCUT2D eigenvalue weighted by Crippen LogP contribution is -1.78. The molecule has 1 heterocycles. The highest BCUT2D eigenvalue weighted by Gasteiger charge is 2.01. The normalized spacial score (nSPS) is 10.8. The standard InChI is InChI=1S/C10H10FN/c1-2-7-3-4-10-8(5-7)9(11)6-12-10/h3-6,12H,2H2,1H3. The van der Waals surface area contributed by atoms with Crippen LogP contribution in [0.4, 0.5) is 4.39 Å².